The summed E-state index contributed by atoms with van der Waals surface area (Å²) in [6, 6.07) is 11.3. The summed E-state index contributed by atoms with van der Waals surface area (Å²) in [5.74, 6) is 0.00584. The number of aromatic amines is 1. The Morgan fingerprint density at radius 2 is 1.69 bits per heavy atom. The summed E-state index contributed by atoms with van der Waals surface area (Å²) in [6.07, 6.45) is 4.09. The third-order valence-corrected chi connectivity index (χ3v) is 6.08. The summed E-state index contributed by atoms with van der Waals surface area (Å²) >= 11 is 0. The van der Waals surface area contributed by atoms with Gasteiger partial charge in [0.05, 0.1) is 11.6 Å². The van der Waals surface area contributed by atoms with Gasteiger partial charge in [0.1, 0.15) is 12.0 Å². The van der Waals surface area contributed by atoms with Crippen LogP contribution in [0.3, 0.4) is 0 Å². The zero-order valence-electron chi connectivity index (χ0n) is 18.9. The lowest BCUT2D eigenvalue weighted by Crippen LogP contribution is -2.33. The second kappa shape index (κ2) is 10.6. The minimum absolute atomic E-state index is 0.00584. The Kier molecular flexibility index (Phi) is 7.83. The average Bonchev–Trinajstić information content (AvgIpc) is 3.19. The number of phenols is 1. The number of nitrogens with one attached hydrogen (secondary N) is 2. The number of aldehydes is 1. The van der Waals surface area contributed by atoms with E-state index in [1.54, 1.807) is 12.1 Å². The van der Waals surface area contributed by atoms with Gasteiger partial charge in [-0.2, -0.15) is 0 Å². The van der Waals surface area contributed by atoms with Gasteiger partial charge in [0, 0.05) is 24.0 Å². The van der Waals surface area contributed by atoms with Gasteiger partial charge >= 0.3 is 0 Å². The molecule has 0 amide bonds. The van der Waals surface area contributed by atoms with Crippen molar-refractivity contribution >= 4 is 17.2 Å². The molecule has 1 aliphatic carbocycles. The molecule has 170 valence electrons. The molecule has 4 rings (SSSR count). The van der Waals surface area contributed by atoms with Crippen molar-refractivity contribution in [1.29, 1.82) is 0 Å². The molecule has 0 spiro atoms. The number of aromatic nitrogens is 1. The van der Waals surface area contributed by atoms with Crippen LogP contribution in [-0.2, 0) is 30.5 Å². The Morgan fingerprint density at radius 3 is 2.25 bits per heavy atom. The van der Waals surface area contributed by atoms with E-state index in [0.717, 1.165) is 32.0 Å². The first kappa shape index (κ1) is 23.7. The van der Waals surface area contributed by atoms with Gasteiger partial charge in [0.2, 0.25) is 5.56 Å². The number of pyridine rings is 1. The maximum atomic E-state index is 11.6. The SMILES string of the molecule is CC=O.CCc1cc2c(cc1CC)CC(NC[C@H](O)c1ccc(O)c3[nH]c(=O)ccc13)C2. The third kappa shape index (κ3) is 5.09. The minimum atomic E-state index is -0.731. The van der Waals surface area contributed by atoms with Gasteiger partial charge in [-0.05, 0) is 72.6 Å². The molecule has 1 aromatic heterocycles. The van der Waals surface area contributed by atoms with Crippen molar-refractivity contribution in [3.05, 3.63) is 74.6 Å². The van der Waals surface area contributed by atoms with E-state index in [1.807, 2.05) is 0 Å². The topological polar surface area (TPSA) is 102 Å². The maximum absolute atomic E-state index is 11.6. The maximum Gasteiger partial charge on any atom is 0.248 e. The van der Waals surface area contributed by atoms with Crippen LogP contribution in [0.25, 0.3) is 10.9 Å². The standard InChI is InChI=1S/C24H28N2O3.C2H4O/c1-3-14-9-16-11-18(12-17(16)10-15(14)4-2)25-13-22(28)19-5-7-21(27)24-20(19)6-8-23(29)26-24;1-2-3/h5-10,18,22,25,27-28H,3-4,11-13H2,1-2H3,(H,26,29);2H,1H3/t22-;/m0./s1. The van der Waals surface area contributed by atoms with E-state index >= 15 is 0 Å². The van der Waals surface area contributed by atoms with Crippen molar-refractivity contribution in [2.45, 2.75) is 58.6 Å². The van der Waals surface area contributed by atoms with Crippen molar-refractivity contribution in [3.8, 4) is 5.75 Å². The van der Waals surface area contributed by atoms with E-state index in [0.29, 0.717) is 29.1 Å². The first-order chi connectivity index (χ1) is 15.4. The fourth-order valence-electron chi connectivity index (χ4n) is 4.51. The van der Waals surface area contributed by atoms with Gasteiger partial charge in [-0.3, -0.25) is 4.79 Å². The molecular formula is C26H32N2O4. The number of hydrogen-bond acceptors (Lipinski definition) is 5. The Bertz CT molecular complexity index is 1120. The van der Waals surface area contributed by atoms with Crippen LogP contribution >= 0.6 is 0 Å². The molecule has 0 radical (unpaired) electrons. The van der Waals surface area contributed by atoms with E-state index in [2.05, 4.69) is 36.3 Å². The monoisotopic (exact) mass is 436 g/mol. The predicted octanol–water partition coefficient (Wildman–Crippen LogP) is 3.35. The molecule has 6 heteroatoms. The molecule has 0 saturated carbocycles. The number of carbonyl (C=O) groups is 1. The first-order valence-electron chi connectivity index (χ1n) is 11.2. The van der Waals surface area contributed by atoms with Gasteiger partial charge in [-0.25, -0.2) is 0 Å². The van der Waals surface area contributed by atoms with E-state index in [1.165, 1.54) is 41.3 Å². The molecule has 6 nitrogen and oxygen atoms in total. The largest absolute Gasteiger partial charge is 0.506 e. The Hall–Kier alpha value is -2.96. The molecule has 2 aromatic carbocycles. The van der Waals surface area contributed by atoms with E-state index in [4.69, 9.17) is 4.79 Å². The molecule has 0 saturated heterocycles. The highest BCUT2D eigenvalue weighted by Gasteiger charge is 2.23. The zero-order chi connectivity index (χ0) is 23.3. The molecule has 1 atom stereocenters. The van der Waals surface area contributed by atoms with Crippen LogP contribution < -0.4 is 10.9 Å². The van der Waals surface area contributed by atoms with Crippen molar-refractivity contribution in [2.75, 3.05) is 6.54 Å². The minimum Gasteiger partial charge on any atom is -0.506 e. The van der Waals surface area contributed by atoms with Crippen LogP contribution in [0.15, 0.2) is 41.2 Å². The zero-order valence-corrected chi connectivity index (χ0v) is 18.9. The second-order valence-corrected chi connectivity index (χ2v) is 8.15. The molecule has 0 bridgehead atoms. The van der Waals surface area contributed by atoms with Gasteiger partial charge in [-0.1, -0.05) is 32.0 Å². The molecule has 0 unspecified atom stereocenters. The number of aliphatic hydroxyl groups is 1. The van der Waals surface area contributed by atoms with Crippen molar-refractivity contribution < 1.29 is 15.0 Å². The van der Waals surface area contributed by atoms with Crippen molar-refractivity contribution in [2.24, 2.45) is 0 Å². The fraction of sp³-hybridized carbons (Fsp3) is 0.385. The smallest absolute Gasteiger partial charge is 0.248 e. The van der Waals surface area contributed by atoms with Crippen LogP contribution in [0.4, 0.5) is 0 Å². The fourth-order valence-corrected chi connectivity index (χ4v) is 4.51. The number of hydrogen-bond donors (Lipinski definition) is 4. The van der Waals surface area contributed by atoms with Gasteiger partial charge < -0.3 is 25.3 Å². The van der Waals surface area contributed by atoms with Crippen molar-refractivity contribution in [1.82, 2.24) is 10.3 Å². The van der Waals surface area contributed by atoms with Crippen LogP contribution in [0, 0.1) is 0 Å². The number of carbonyl (C=O) groups excluding carboxylic acids is 1. The number of rotatable bonds is 6. The van der Waals surface area contributed by atoms with Gasteiger partial charge in [-0.15, -0.1) is 0 Å². The Labute approximate surface area is 188 Å². The summed E-state index contributed by atoms with van der Waals surface area (Å²) in [5, 5.41) is 25.0. The van der Waals surface area contributed by atoms with E-state index in [-0.39, 0.29) is 11.3 Å². The number of phenolic OH excluding ortho intramolecular Hbond substituents is 1. The number of aliphatic hydroxyl groups excluding tert-OH is 1. The first-order valence-corrected chi connectivity index (χ1v) is 11.2. The Balaban J connectivity index is 0.000000913. The summed E-state index contributed by atoms with van der Waals surface area (Å²) in [5.41, 5.74) is 6.49. The summed E-state index contributed by atoms with van der Waals surface area (Å²) < 4.78 is 0. The molecule has 0 fully saturated rings. The lowest BCUT2D eigenvalue weighted by molar-refractivity contribution is -0.106. The van der Waals surface area contributed by atoms with Crippen LogP contribution in [0.2, 0.25) is 0 Å². The normalized spacial score (nSPS) is 14.0. The van der Waals surface area contributed by atoms with Crippen LogP contribution in [0.5, 0.6) is 5.75 Å². The predicted molar refractivity (Wildman–Crippen MR) is 127 cm³/mol. The summed E-state index contributed by atoms with van der Waals surface area (Å²) in [7, 11) is 0. The van der Waals surface area contributed by atoms with Crippen LogP contribution in [0.1, 0.15) is 54.7 Å². The van der Waals surface area contributed by atoms with Gasteiger partial charge in [0.25, 0.3) is 0 Å². The van der Waals surface area contributed by atoms with E-state index in [9.17, 15) is 15.0 Å². The highest BCUT2D eigenvalue weighted by Crippen LogP contribution is 2.30. The molecule has 0 aliphatic heterocycles. The molecule has 1 heterocycles. The summed E-state index contributed by atoms with van der Waals surface area (Å²) in [4.78, 5) is 23.0. The third-order valence-electron chi connectivity index (χ3n) is 6.08. The molecule has 3 aromatic rings. The molecule has 1 aliphatic rings. The number of benzene rings is 2. The number of aryl methyl sites for hydroxylation is 2. The lowest BCUT2D eigenvalue weighted by atomic mass is 9.97. The van der Waals surface area contributed by atoms with Crippen molar-refractivity contribution in [3.63, 3.8) is 0 Å². The average molecular weight is 437 g/mol. The highest BCUT2D eigenvalue weighted by molar-refractivity contribution is 5.87. The number of aromatic hydroxyl groups is 1. The highest BCUT2D eigenvalue weighted by atomic mass is 16.3. The lowest BCUT2D eigenvalue weighted by Gasteiger charge is -2.18. The number of fused-ring (bicyclic) bond motifs is 2. The van der Waals surface area contributed by atoms with Crippen LogP contribution in [-0.4, -0.2) is 34.1 Å². The molecular weight excluding hydrogens is 404 g/mol. The Morgan fingerprint density at radius 1 is 1.09 bits per heavy atom. The molecule has 4 N–H and O–H groups in total. The second-order valence-electron chi connectivity index (χ2n) is 8.15. The summed E-state index contributed by atoms with van der Waals surface area (Å²) in [6.45, 7) is 6.27. The van der Waals surface area contributed by atoms with Gasteiger partial charge in [0.15, 0.2) is 0 Å². The number of H-pyrrole nitrogens is 1. The quantitative estimate of drug-likeness (QED) is 0.444. The molecule has 32 heavy (non-hydrogen) atoms. The van der Waals surface area contributed by atoms with E-state index < -0.39 is 6.10 Å².